The molecule has 1 aliphatic rings. The Morgan fingerprint density at radius 3 is 2.44 bits per heavy atom. The molecule has 0 spiro atoms. The van der Waals surface area contributed by atoms with Gasteiger partial charge in [-0.1, -0.05) is 38.0 Å². The van der Waals surface area contributed by atoms with Crippen molar-refractivity contribution in [2.75, 3.05) is 6.54 Å². The summed E-state index contributed by atoms with van der Waals surface area (Å²) in [5.74, 6) is 1.00. The lowest BCUT2D eigenvalue weighted by Gasteiger charge is -2.21. The number of benzene rings is 1. The first kappa shape index (κ1) is 13.6. The van der Waals surface area contributed by atoms with Crippen LogP contribution in [0.2, 0.25) is 0 Å². The number of nitrogens with one attached hydrogen (secondary N) is 1. The van der Waals surface area contributed by atoms with Crippen LogP contribution in [0, 0.1) is 19.8 Å². The van der Waals surface area contributed by atoms with Crippen molar-refractivity contribution in [3.8, 4) is 0 Å². The monoisotopic (exact) mass is 245 g/mol. The van der Waals surface area contributed by atoms with Gasteiger partial charge in [0.1, 0.15) is 0 Å². The summed E-state index contributed by atoms with van der Waals surface area (Å²) >= 11 is 0. The predicted octanol–water partition coefficient (Wildman–Crippen LogP) is 4.01. The van der Waals surface area contributed by atoms with Gasteiger partial charge in [0, 0.05) is 6.04 Å². The molecule has 1 aromatic rings. The van der Waals surface area contributed by atoms with E-state index in [-0.39, 0.29) is 0 Å². The van der Waals surface area contributed by atoms with Gasteiger partial charge in [0.2, 0.25) is 0 Å². The molecule has 18 heavy (non-hydrogen) atoms. The van der Waals surface area contributed by atoms with Crippen LogP contribution in [-0.2, 0) is 6.42 Å². The molecule has 0 radical (unpaired) electrons. The highest BCUT2D eigenvalue weighted by atomic mass is 14.9. The zero-order chi connectivity index (χ0) is 13.0. The Balaban J connectivity index is 2.01. The minimum absolute atomic E-state index is 0.678. The van der Waals surface area contributed by atoms with Crippen molar-refractivity contribution < 1.29 is 0 Å². The second kappa shape index (κ2) is 6.38. The molecule has 1 aliphatic carbocycles. The third-order valence-corrected chi connectivity index (χ3v) is 4.09. The van der Waals surface area contributed by atoms with Gasteiger partial charge >= 0.3 is 0 Å². The average Bonchev–Trinajstić information content (AvgIpc) is 3.14. The fourth-order valence-corrected chi connectivity index (χ4v) is 2.76. The van der Waals surface area contributed by atoms with Crippen molar-refractivity contribution in [1.82, 2.24) is 5.32 Å². The van der Waals surface area contributed by atoms with E-state index < -0.39 is 0 Å². The fourth-order valence-electron chi connectivity index (χ4n) is 2.76. The highest BCUT2D eigenvalue weighted by molar-refractivity contribution is 5.34. The van der Waals surface area contributed by atoms with Crippen molar-refractivity contribution in [1.29, 1.82) is 0 Å². The van der Waals surface area contributed by atoms with Gasteiger partial charge in [-0.2, -0.15) is 0 Å². The minimum atomic E-state index is 0.678. The van der Waals surface area contributed by atoms with Crippen molar-refractivity contribution in [3.63, 3.8) is 0 Å². The molecule has 2 rings (SSSR count). The topological polar surface area (TPSA) is 12.0 Å². The van der Waals surface area contributed by atoms with E-state index in [0.717, 1.165) is 12.5 Å². The molecule has 0 bridgehead atoms. The first-order valence-corrected chi connectivity index (χ1v) is 7.49. The fraction of sp³-hybridized carbons (Fsp3) is 0.647. The Morgan fingerprint density at radius 1 is 1.22 bits per heavy atom. The number of hydrogen-bond acceptors (Lipinski definition) is 1. The van der Waals surface area contributed by atoms with Crippen LogP contribution in [0.3, 0.4) is 0 Å². The van der Waals surface area contributed by atoms with Gasteiger partial charge in [-0.3, -0.25) is 0 Å². The average molecular weight is 245 g/mol. The normalized spacial score (nSPS) is 16.8. The zero-order valence-corrected chi connectivity index (χ0v) is 12.1. The zero-order valence-electron chi connectivity index (χ0n) is 12.1. The minimum Gasteiger partial charge on any atom is -0.314 e. The maximum Gasteiger partial charge on any atom is 0.0110 e. The van der Waals surface area contributed by atoms with E-state index in [1.54, 1.807) is 5.56 Å². The SMILES string of the molecule is CCCNC(Cc1c(C)cccc1C)CC1CC1. The Bertz CT molecular complexity index is 359. The van der Waals surface area contributed by atoms with Gasteiger partial charge < -0.3 is 5.32 Å². The molecule has 100 valence electrons. The molecule has 1 N–H and O–H groups in total. The third kappa shape index (κ3) is 3.84. The molecule has 1 fully saturated rings. The molecular formula is C17H27N. The van der Waals surface area contributed by atoms with Gasteiger partial charge in [0.05, 0.1) is 0 Å². The molecule has 0 saturated heterocycles. The van der Waals surface area contributed by atoms with Crippen LogP contribution in [0.1, 0.15) is 49.3 Å². The van der Waals surface area contributed by atoms with Crippen molar-refractivity contribution in [2.45, 2.75) is 58.9 Å². The second-order valence-corrected chi connectivity index (χ2v) is 5.90. The van der Waals surface area contributed by atoms with Gasteiger partial charge in [-0.25, -0.2) is 0 Å². The van der Waals surface area contributed by atoms with Crippen LogP contribution in [0.4, 0.5) is 0 Å². The largest absolute Gasteiger partial charge is 0.314 e. The lowest BCUT2D eigenvalue weighted by atomic mass is 9.94. The van der Waals surface area contributed by atoms with Crippen molar-refractivity contribution in [3.05, 3.63) is 34.9 Å². The molecule has 1 unspecified atom stereocenters. The van der Waals surface area contributed by atoms with Crippen LogP contribution in [-0.4, -0.2) is 12.6 Å². The summed E-state index contributed by atoms with van der Waals surface area (Å²) in [4.78, 5) is 0. The van der Waals surface area contributed by atoms with E-state index in [2.05, 4.69) is 44.3 Å². The quantitative estimate of drug-likeness (QED) is 0.765. The molecule has 1 nitrogen and oxygen atoms in total. The first-order valence-electron chi connectivity index (χ1n) is 7.49. The van der Waals surface area contributed by atoms with Gasteiger partial charge in [0.15, 0.2) is 0 Å². The Labute approximate surface area is 112 Å². The molecular weight excluding hydrogens is 218 g/mol. The molecule has 1 atom stereocenters. The third-order valence-electron chi connectivity index (χ3n) is 4.09. The van der Waals surface area contributed by atoms with Crippen LogP contribution in [0.25, 0.3) is 0 Å². The van der Waals surface area contributed by atoms with E-state index in [9.17, 15) is 0 Å². The summed E-state index contributed by atoms with van der Waals surface area (Å²) in [6.45, 7) is 7.90. The molecule has 0 amide bonds. The predicted molar refractivity (Wildman–Crippen MR) is 79.0 cm³/mol. The van der Waals surface area contributed by atoms with Crippen LogP contribution in [0.15, 0.2) is 18.2 Å². The summed E-state index contributed by atoms with van der Waals surface area (Å²) < 4.78 is 0. The molecule has 1 aromatic carbocycles. The Kier molecular flexibility index (Phi) is 4.82. The maximum atomic E-state index is 3.74. The van der Waals surface area contributed by atoms with Crippen LogP contribution in [0.5, 0.6) is 0 Å². The van der Waals surface area contributed by atoms with Gasteiger partial charge in [-0.05, 0) is 62.3 Å². The lowest BCUT2D eigenvalue weighted by molar-refractivity contribution is 0.454. The van der Waals surface area contributed by atoms with Crippen LogP contribution < -0.4 is 5.32 Å². The summed E-state index contributed by atoms with van der Waals surface area (Å²) in [6.07, 6.45) is 6.71. The van der Waals surface area contributed by atoms with E-state index in [0.29, 0.717) is 6.04 Å². The summed E-state index contributed by atoms with van der Waals surface area (Å²) in [7, 11) is 0. The van der Waals surface area contributed by atoms with Gasteiger partial charge in [-0.15, -0.1) is 0 Å². The number of rotatable bonds is 7. The van der Waals surface area contributed by atoms with E-state index in [1.807, 2.05) is 0 Å². The molecule has 0 heterocycles. The standard InChI is InChI=1S/C17H27N/c1-4-10-18-16(11-15-8-9-15)12-17-13(2)6-5-7-14(17)3/h5-7,15-16,18H,4,8-12H2,1-3H3. The Morgan fingerprint density at radius 2 is 1.89 bits per heavy atom. The lowest BCUT2D eigenvalue weighted by Crippen LogP contribution is -2.32. The van der Waals surface area contributed by atoms with Crippen LogP contribution >= 0.6 is 0 Å². The molecule has 0 aromatic heterocycles. The number of hydrogen-bond donors (Lipinski definition) is 1. The highest BCUT2D eigenvalue weighted by Crippen LogP contribution is 2.34. The smallest absolute Gasteiger partial charge is 0.0110 e. The maximum absolute atomic E-state index is 3.74. The van der Waals surface area contributed by atoms with Crippen molar-refractivity contribution in [2.24, 2.45) is 5.92 Å². The molecule has 1 heteroatoms. The highest BCUT2D eigenvalue weighted by Gasteiger charge is 2.25. The first-order chi connectivity index (χ1) is 8.70. The Hall–Kier alpha value is -0.820. The summed E-state index contributed by atoms with van der Waals surface area (Å²) in [5, 5.41) is 3.74. The van der Waals surface area contributed by atoms with E-state index in [1.165, 1.54) is 43.2 Å². The summed E-state index contributed by atoms with van der Waals surface area (Å²) in [5.41, 5.74) is 4.47. The molecule has 0 aliphatic heterocycles. The second-order valence-electron chi connectivity index (χ2n) is 5.90. The van der Waals surface area contributed by atoms with E-state index >= 15 is 0 Å². The van der Waals surface area contributed by atoms with Crippen molar-refractivity contribution >= 4 is 0 Å². The van der Waals surface area contributed by atoms with E-state index in [4.69, 9.17) is 0 Å². The number of aryl methyl sites for hydroxylation is 2. The van der Waals surface area contributed by atoms with Gasteiger partial charge in [0.25, 0.3) is 0 Å². The summed E-state index contributed by atoms with van der Waals surface area (Å²) in [6, 6.07) is 7.34. The molecule has 1 saturated carbocycles.